The van der Waals surface area contributed by atoms with E-state index >= 15 is 0 Å². The molecule has 1 aliphatic rings. The van der Waals surface area contributed by atoms with Crippen LogP contribution < -0.4 is 5.73 Å². The monoisotopic (exact) mass is 284 g/mol. The van der Waals surface area contributed by atoms with Crippen molar-refractivity contribution in [3.63, 3.8) is 0 Å². The highest BCUT2D eigenvalue weighted by atomic mass is 16.2. The Labute approximate surface area is 124 Å². The van der Waals surface area contributed by atoms with Crippen LogP contribution in [0.2, 0.25) is 0 Å². The lowest BCUT2D eigenvalue weighted by atomic mass is 10.0. The van der Waals surface area contributed by atoms with Gasteiger partial charge in [-0.2, -0.15) is 0 Å². The predicted octanol–water partition coefficient (Wildman–Crippen LogP) is 1.83. The van der Waals surface area contributed by atoms with Crippen molar-refractivity contribution < 1.29 is 4.79 Å². The fourth-order valence-corrected chi connectivity index (χ4v) is 3.31. The van der Waals surface area contributed by atoms with Crippen LogP contribution in [0.4, 0.5) is 0 Å². The summed E-state index contributed by atoms with van der Waals surface area (Å²) in [6.45, 7) is 0.637. The molecule has 110 valence electrons. The number of fused-ring (bicyclic) bond motifs is 1. The third-order valence-corrected chi connectivity index (χ3v) is 4.47. The van der Waals surface area contributed by atoms with Crippen LogP contribution in [0.5, 0.6) is 0 Å². The number of rotatable bonds is 3. The van der Waals surface area contributed by atoms with Crippen LogP contribution in [-0.2, 0) is 0 Å². The Morgan fingerprint density at radius 1 is 1.33 bits per heavy atom. The van der Waals surface area contributed by atoms with Crippen molar-refractivity contribution in [2.45, 2.75) is 25.3 Å². The van der Waals surface area contributed by atoms with E-state index in [2.05, 4.69) is 9.97 Å². The van der Waals surface area contributed by atoms with Crippen molar-refractivity contribution in [3.05, 3.63) is 36.2 Å². The molecule has 21 heavy (non-hydrogen) atoms. The minimum Gasteiger partial charge on any atom is -0.338 e. The van der Waals surface area contributed by atoms with Crippen molar-refractivity contribution in [2.24, 2.45) is 11.7 Å². The SMILES string of the molecule is CN(C(=O)c1cccc2nccnc12)C1CCCC1CN. The molecule has 1 aromatic heterocycles. The summed E-state index contributed by atoms with van der Waals surface area (Å²) in [5.74, 6) is 0.409. The minimum atomic E-state index is 0.00597. The number of nitrogens with zero attached hydrogens (tertiary/aromatic N) is 3. The molecule has 1 aromatic carbocycles. The van der Waals surface area contributed by atoms with Crippen LogP contribution in [0.3, 0.4) is 0 Å². The van der Waals surface area contributed by atoms with E-state index in [1.165, 1.54) is 0 Å². The van der Waals surface area contributed by atoms with Gasteiger partial charge in [0.05, 0.1) is 11.1 Å². The Morgan fingerprint density at radius 3 is 2.95 bits per heavy atom. The number of aromatic nitrogens is 2. The molecule has 0 bridgehead atoms. The number of carbonyl (C=O) groups excluding carboxylic acids is 1. The summed E-state index contributed by atoms with van der Waals surface area (Å²) in [4.78, 5) is 23.2. The molecular weight excluding hydrogens is 264 g/mol. The summed E-state index contributed by atoms with van der Waals surface area (Å²) in [5, 5.41) is 0. The first-order valence-corrected chi connectivity index (χ1v) is 7.39. The molecular formula is C16H20N4O. The molecule has 1 aliphatic carbocycles. The molecule has 2 atom stereocenters. The van der Waals surface area contributed by atoms with Crippen LogP contribution in [0.25, 0.3) is 11.0 Å². The molecule has 1 saturated carbocycles. The highest BCUT2D eigenvalue weighted by molar-refractivity contribution is 6.04. The van der Waals surface area contributed by atoms with Gasteiger partial charge in [-0.05, 0) is 37.4 Å². The molecule has 0 saturated heterocycles. The van der Waals surface area contributed by atoms with Gasteiger partial charge in [0.2, 0.25) is 0 Å². The Balaban J connectivity index is 1.93. The van der Waals surface area contributed by atoms with E-state index in [9.17, 15) is 4.79 Å². The van der Waals surface area contributed by atoms with Gasteiger partial charge in [0, 0.05) is 25.5 Å². The fourth-order valence-electron chi connectivity index (χ4n) is 3.31. The lowest BCUT2D eigenvalue weighted by molar-refractivity contribution is 0.0701. The zero-order valence-corrected chi connectivity index (χ0v) is 12.2. The molecule has 2 N–H and O–H groups in total. The zero-order valence-electron chi connectivity index (χ0n) is 12.2. The van der Waals surface area contributed by atoms with E-state index in [1.807, 2.05) is 30.1 Å². The van der Waals surface area contributed by atoms with Gasteiger partial charge in [0.25, 0.3) is 5.91 Å². The van der Waals surface area contributed by atoms with Crippen LogP contribution in [0.15, 0.2) is 30.6 Å². The first-order valence-electron chi connectivity index (χ1n) is 7.39. The van der Waals surface area contributed by atoms with E-state index in [1.54, 1.807) is 12.4 Å². The molecule has 3 rings (SSSR count). The molecule has 1 heterocycles. The van der Waals surface area contributed by atoms with Crippen molar-refractivity contribution in [1.82, 2.24) is 14.9 Å². The number of hydrogen-bond acceptors (Lipinski definition) is 4. The maximum absolute atomic E-state index is 12.8. The molecule has 1 fully saturated rings. The van der Waals surface area contributed by atoms with Gasteiger partial charge < -0.3 is 10.6 Å². The van der Waals surface area contributed by atoms with E-state index in [0.29, 0.717) is 23.5 Å². The molecule has 5 heteroatoms. The maximum Gasteiger partial charge on any atom is 0.256 e. The van der Waals surface area contributed by atoms with Gasteiger partial charge in [-0.25, -0.2) is 0 Å². The largest absolute Gasteiger partial charge is 0.338 e. The van der Waals surface area contributed by atoms with Crippen LogP contribution >= 0.6 is 0 Å². The van der Waals surface area contributed by atoms with Gasteiger partial charge in [-0.1, -0.05) is 12.5 Å². The molecule has 2 unspecified atom stereocenters. The second kappa shape index (κ2) is 5.77. The average Bonchev–Trinajstić information content (AvgIpc) is 3.01. The van der Waals surface area contributed by atoms with E-state index < -0.39 is 0 Å². The Hall–Kier alpha value is -2.01. The van der Waals surface area contributed by atoms with Crippen molar-refractivity contribution in [1.29, 1.82) is 0 Å². The summed E-state index contributed by atoms with van der Waals surface area (Å²) in [7, 11) is 1.87. The highest BCUT2D eigenvalue weighted by Crippen LogP contribution is 2.29. The first kappa shape index (κ1) is 13.9. The number of para-hydroxylation sites is 1. The summed E-state index contributed by atoms with van der Waals surface area (Å²) in [6, 6.07) is 5.78. The fraction of sp³-hybridized carbons (Fsp3) is 0.438. The Kier molecular flexibility index (Phi) is 3.84. The number of hydrogen-bond donors (Lipinski definition) is 1. The second-order valence-electron chi connectivity index (χ2n) is 5.64. The summed E-state index contributed by atoms with van der Waals surface area (Å²) in [5.41, 5.74) is 7.86. The lowest BCUT2D eigenvalue weighted by Crippen LogP contribution is -2.41. The lowest BCUT2D eigenvalue weighted by Gasteiger charge is -2.29. The zero-order chi connectivity index (χ0) is 14.8. The smallest absolute Gasteiger partial charge is 0.256 e. The van der Waals surface area contributed by atoms with Crippen molar-refractivity contribution in [3.8, 4) is 0 Å². The van der Waals surface area contributed by atoms with E-state index in [0.717, 1.165) is 24.8 Å². The standard InChI is InChI=1S/C16H20N4O/c1-20(14-7-2-4-11(14)10-17)16(21)12-5-3-6-13-15(12)19-9-8-18-13/h3,5-6,8-9,11,14H,2,4,7,10,17H2,1H3. The molecule has 0 radical (unpaired) electrons. The summed E-state index contributed by atoms with van der Waals surface area (Å²) in [6.07, 6.45) is 6.53. The first-order chi connectivity index (χ1) is 10.2. The molecule has 0 aliphatic heterocycles. The maximum atomic E-state index is 12.8. The number of benzene rings is 1. The third kappa shape index (κ3) is 2.49. The molecule has 1 amide bonds. The predicted molar refractivity (Wildman–Crippen MR) is 81.8 cm³/mol. The summed E-state index contributed by atoms with van der Waals surface area (Å²) < 4.78 is 0. The topological polar surface area (TPSA) is 72.1 Å². The highest BCUT2D eigenvalue weighted by Gasteiger charge is 2.32. The Bertz CT molecular complexity index is 652. The third-order valence-electron chi connectivity index (χ3n) is 4.47. The van der Waals surface area contributed by atoms with Gasteiger partial charge in [0.1, 0.15) is 5.52 Å². The van der Waals surface area contributed by atoms with Gasteiger partial charge >= 0.3 is 0 Å². The Morgan fingerprint density at radius 2 is 2.14 bits per heavy atom. The molecule has 5 nitrogen and oxygen atoms in total. The van der Waals surface area contributed by atoms with Gasteiger partial charge in [-0.15, -0.1) is 0 Å². The number of amides is 1. The van der Waals surface area contributed by atoms with Crippen LogP contribution in [0.1, 0.15) is 29.6 Å². The molecule has 0 spiro atoms. The summed E-state index contributed by atoms with van der Waals surface area (Å²) >= 11 is 0. The average molecular weight is 284 g/mol. The second-order valence-corrected chi connectivity index (χ2v) is 5.64. The minimum absolute atomic E-state index is 0.00597. The van der Waals surface area contributed by atoms with E-state index in [-0.39, 0.29) is 11.9 Å². The van der Waals surface area contributed by atoms with Gasteiger partial charge in [0.15, 0.2) is 0 Å². The van der Waals surface area contributed by atoms with Crippen molar-refractivity contribution >= 4 is 16.9 Å². The number of carbonyl (C=O) groups is 1. The quantitative estimate of drug-likeness (QED) is 0.933. The van der Waals surface area contributed by atoms with Crippen LogP contribution in [0, 0.1) is 5.92 Å². The van der Waals surface area contributed by atoms with Gasteiger partial charge in [-0.3, -0.25) is 14.8 Å². The normalized spacial score (nSPS) is 21.6. The number of nitrogens with two attached hydrogens (primary N) is 1. The molecule has 2 aromatic rings. The van der Waals surface area contributed by atoms with Crippen molar-refractivity contribution in [2.75, 3.05) is 13.6 Å². The van der Waals surface area contributed by atoms with Crippen LogP contribution in [-0.4, -0.2) is 40.4 Å². The van der Waals surface area contributed by atoms with E-state index in [4.69, 9.17) is 5.73 Å².